The number of carbonyl (C=O) groups excluding carboxylic acids is 2. The number of carbonyl (C=O) groups is 3. The third kappa shape index (κ3) is 9.75. The van der Waals surface area contributed by atoms with Gasteiger partial charge in [-0.05, 0) is 90.2 Å². The minimum absolute atomic E-state index is 0.0459. The van der Waals surface area contributed by atoms with Crippen LogP contribution in [0.1, 0.15) is 46.3 Å². The van der Waals surface area contributed by atoms with Crippen molar-refractivity contribution in [1.82, 2.24) is 9.80 Å². The number of ether oxygens (including phenoxy) is 1. The Bertz CT molecular complexity index is 1810. The largest absolute Gasteiger partial charge is 0.478 e. The second-order valence-corrected chi connectivity index (χ2v) is 13.4. The van der Waals surface area contributed by atoms with Gasteiger partial charge >= 0.3 is 18.3 Å². The van der Waals surface area contributed by atoms with Gasteiger partial charge in [-0.1, -0.05) is 42.2 Å². The van der Waals surface area contributed by atoms with Gasteiger partial charge in [0.2, 0.25) is 5.91 Å². The van der Waals surface area contributed by atoms with Gasteiger partial charge in [-0.15, -0.1) is 0 Å². The minimum Gasteiger partial charge on any atom is -0.478 e. The van der Waals surface area contributed by atoms with Crippen molar-refractivity contribution in [1.29, 1.82) is 0 Å². The molecule has 0 bridgehead atoms. The van der Waals surface area contributed by atoms with Crippen LogP contribution >= 0.6 is 24.0 Å². The maximum absolute atomic E-state index is 13.8. The van der Waals surface area contributed by atoms with Gasteiger partial charge < -0.3 is 15.2 Å². The average Bonchev–Trinajstić information content (AvgIpc) is 3.37. The summed E-state index contributed by atoms with van der Waals surface area (Å²) in [5.41, 5.74) is -1.71. The Hall–Kier alpha value is -4.25. The summed E-state index contributed by atoms with van der Waals surface area (Å²) in [6.07, 6.45) is -9.26. The number of alkyl halides is 6. The Balaban J connectivity index is 1.42. The molecule has 2 aliphatic rings. The average molecular weight is 752 g/mol. The van der Waals surface area contributed by atoms with Gasteiger partial charge in [-0.2, -0.15) is 26.3 Å². The molecule has 0 saturated carbocycles. The fourth-order valence-corrected chi connectivity index (χ4v) is 7.03. The van der Waals surface area contributed by atoms with Crippen molar-refractivity contribution < 1.29 is 50.6 Å². The number of nitrogens with zero attached hydrogens (tertiary/aromatic N) is 2. The number of thioether (sulfide) groups is 1. The summed E-state index contributed by atoms with van der Waals surface area (Å²) in [7, 11) is 0. The molecule has 2 heterocycles. The van der Waals surface area contributed by atoms with Gasteiger partial charge in [0.25, 0.3) is 5.91 Å². The zero-order valence-corrected chi connectivity index (χ0v) is 28.4. The van der Waals surface area contributed by atoms with E-state index in [2.05, 4.69) is 10.2 Å². The number of aromatic carboxylic acids is 1. The molecule has 0 spiro atoms. The lowest BCUT2D eigenvalue weighted by atomic mass is 9.94. The van der Waals surface area contributed by atoms with E-state index in [9.17, 15) is 40.7 Å². The molecule has 8 nitrogen and oxygen atoms in total. The fraction of sp³-hybridized carbons (Fsp3) is 0.314. The smallest absolute Gasteiger partial charge is 0.416 e. The summed E-state index contributed by atoms with van der Waals surface area (Å²) >= 11 is 6.52. The van der Waals surface area contributed by atoms with Crippen LogP contribution in [0.4, 0.5) is 32.0 Å². The molecule has 5 rings (SSSR count). The predicted molar refractivity (Wildman–Crippen MR) is 184 cm³/mol. The molecule has 2 saturated heterocycles. The lowest BCUT2D eigenvalue weighted by molar-refractivity contribution is -0.143. The van der Waals surface area contributed by atoms with Crippen molar-refractivity contribution in [3.63, 3.8) is 0 Å². The van der Waals surface area contributed by atoms with Gasteiger partial charge in [-0.3, -0.25) is 19.4 Å². The molecule has 0 unspecified atom stereocenters. The van der Waals surface area contributed by atoms with Crippen molar-refractivity contribution in [2.75, 3.05) is 44.7 Å². The number of amides is 2. The summed E-state index contributed by atoms with van der Waals surface area (Å²) in [4.78, 5) is 41.3. The van der Waals surface area contributed by atoms with Crippen LogP contribution in [0.3, 0.4) is 0 Å². The molecule has 270 valence electrons. The number of thiocarbonyl (C=S) groups is 1. The summed E-state index contributed by atoms with van der Waals surface area (Å²) in [5.74, 6) is -2.04. The highest BCUT2D eigenvalue weighted by atomic mass is 32.2. The van der Waals surface area contributed by atoms with Crippen LogP contribution in [0.25, 0.3) is 16.7 Å². The number of carboxylic acid groups (broad SMARTS) is 1. The second kappa shape index (κ2) is 16.0. The van der Waals surface area contributed by atoms with Crippen LogP contribution < -0.4 is 5.32 Å². The van der Waals surface area contributed by atoms with E-state index in [4.69, 9.17) is 22.1 Å². The van der Waals surface area contributed by atoms with E-state index in [1.807, 2.05) is 0 Å². The first-order valence-electron chi connectivity index (χ1n) is 15.7. The van der Waals surface area contributed by atoms with Gasteiger partial charge in [0, 0.05) is 31.7 Å². The number of benzene rings is 3. The number of halogens is 6. The molecule has 0 aliphatic carbocycles. The van der Waals surface area contributed by atoms with Gasteiger partial charge in [-0.25, -0.2) is 4.79 Å². The monoisotopic (exact) mass is 751 g/mol. The molecule has 2 N–H and O–H groups in total. The van der Waals surface area contributed by atoms with E-state index >= 15 is 0 Å². The standard InChI is InChI=1S/C35H31F6N3O5S2/c36-34(37,38)25-18-24(19-26(20-25)35(39,40)41)22-3-1-4-23(17-22)28(5-2-11-43-13-15-49-16-14-43)30-31(46)44(33(50)51-30)12-10-29(45)42-27-8-6-21(7-9-27)32(47)48/h1,3-4,6-9,17-20H,2,5,10-16H2,(H,42,45)(H,47,48)/b30-28-. The number of hydrogen-bond acceptors (Lipinski definition) is 7. The van der Waals surface area contributed by atoms with Crippen LogP contribution in [0.2, 0.25) is 0 Å². The van der Waals surface area contributed by atoms with E-state index in [0.29, 0.717) is 61.6 Å². The summed E-state index contributed by atoms with van der Waals surface area (Å²) in [5, 5.41) is 11.7. The highest BCUT2D eigenvalue weighted by Crippen LogP contribution is 2.42. The highest BCUT2D eigenvalue weighted by Gasteiger charge is 2.38. The lowest BCUT2D eigenvalue weighted by Gasteiger charge is -2.26. The first kappa shape index (κ1) is 38.0. The van der Waals surface area contributed by atoms with Crippen LogP contribution in [0.5, 0.6) is 0 Å². The van der Waals surface area contributed by atoms with Gasteiger partial charge in [0.05, 0.1) is 34.8 Å². The van der Waals surface area contributed by atoms with Gasteiger partial charge in [0.1, 0.15) is 4.32 Å². The number of carboxylic acids is 1. The summed E-state index contributed by atoms with van der Waals surface area (Å²) < 4.78 is 87.5. The topological polar surface area (TPSA) is 99.2 Å². The number of anilines is 1. The molecule has 16 heteroatoms. The molecule has 51 heavy (non-hydrogen) atoms. The van der Waals surface area contributed by atoms with E-state index in [0.717, 1.165) is 24.9 Å². The van der Waals surface area contributed by atoms with Crippen molar-refractivity contribution in [3.05, 3.63) is 93.9 Å². The molecule has 2 aliphatic heterocycles. The molecule has 0 atom stereocenters. The summed E-state index contributed by atoms with van der Waals surface area (Å²) in [6.45, 7) is 3.17. The molecule has 2 fully saturated rings. The molecule has 2 amide bonds. The van der Waals surface area contributed by atoms with Crippen molar-refractivity contribution in [2.45, 2.75) is 31.6 Å². The third-order valence-corrected chi connectivity index (χ3v) is 9.73. The van der Waals surface area contributed by atoms with Crippen molar-refractivity contribution >= 4 is 57.3 Å². The maximum Gasteiger partial charge on any atom is 0.416 e. The zero-order valence-electron chi connectivity index (χ0n) is 26.8. The first-order valence-corrected chi connectivity index (χ1v) is 16.9. The predicted octanol–water partition coefficient (Wildman–Crippen LogP) is 7.80. The molecule has 3 aromatic carbocycles. The molecular formula is C35H31F6N3O5S2. The van der Waals surface area contributed by atoms with Crippen LogP contribution in [-0.2, 0) is 26.7 Å². The summed E-state index contributed by atoms with van der Waals surface area (Å²) in [6, 6.07) is 13.0. The normalized spacial score (nSPS) is 16.8. The minimum atomic E-state index is -5.02. The van der Waals surface area contributed by atoms with Crippen molar-refractivity contribution in [2.24, 2.45) is 0 Å². The fourth-order valence-electron chi connectivity index (χ4n) is 5.61. The van der Waals surface area contributed by atoms with Crippen molar-refractivity contribution in [3.8, 4) is 11.1 Å². The Morgan fingerprint density at radius 1 is 0.843 bits per heavy atom. The van der Waals surface area contributed by atoms with Crippen LogP contribution in [-0.4, -0.2) is 76.4 Å². The van der Waals surface area contributed by atoms with Crippen LogP contribution in [0, 0.1) is 0 Å². The SMILES string of the molecule is O=C(CCN1C(=O)/C(=C(\CCCN2CCOCC2)c2cccc(-c3cc(C(F)(F)F)cc(C(F)(F)F)c3)c2)SC1=S)Nc1ccc(C(=O)O)cc1. The van der Waals surface area contributed by atoms with E-state index in [1.54, 1.807) is 6.07 Å². The second-order valence-electron chi connectivity index (χ2n) is 11.7. The molecule has 3 aromatic rings. The molecule has 0 radical (unpaired) electrons. The number of morpholine rings is 1. The number of allylic oxidation sites excluding steroid dienone is 1. The number of rotatable bonds is 11. The molecular weight excluding hydrogens is 721 g/mol. The Morgan fingerprint density at radius 2 is 1.49 bits per heavy atom. The quantitative estimate of drug-likeness (QED) is 0.116. The number of hydrogen-bond donors (Lipinski definition) is 2. The van der Waals surface area contributed by atoms with E-state index < -0.39 is 41.3 Å². The maximum atomic E-state index is 13.8. The Labute approximate surface area is 298 Å². The lowest BCUT2D eigenvalue weighted by Crippen LogP contribution is -2.36. The van der Waals surface area contributed by atoms with E-state index in [1.165, 1.54) is 47.4 Å². The van der Waals surface area contributed by atoms with Crippen LogP contribution in [0.15, 0.2) is 71.6 Å². The molecule has 0 aromatic heterocycles. The van der Waals surface area contributed by atoms with E-state index in [-0.39, 0.29) is 44.9 Å². The van der Waals surface area contributed by atoms with Gasteiger partial charge in [0.15, 0.2) is 0 Å². The Morgan fingerprint density at radius 3 is 2.10 bits per heavy atom. The highest BCUT2D eigenvalue weighted by molar-refractivity contribution is 8.26. The number of nitrogens with one attached hydrogen (secondary N) is 1. The first-order chi connectivity index (χ1) is 24.1. The Kier molecular flexibility index (Phi) is 11.9. The zero-order chi connectivity index (χ0) is 36.9. The third-order valence-electron chi connectivity index (χ3n) is 8.24.